The first-order valence-corrected chi connectivity index (χ1v) is 7.74. The standard InChI is InChI=1S/C19H16F2O3/c1-23-15-5-10-7-19(8-11(10)6-16(15)24-2)9-12-13(20)3-4-14(21)17(12)18(19)22/h3-6H,7-9H2,1-2H3. The van der Waals surface area contributed by atoms with Crippen molar-refractivity contribution in [2.24, 2.45) is 5.41 Å². The van der Waals surface area contributed by atoms with Crippen LogP contribution in [0.5, 0.6) is 11.5 Å². The summed E-state index contributed by atoms with van der Waals surface area (Å²) in [4.78, 5) is 12.9. The number of carbonyl (C=O) groups excluding carboxylic acids is 1. The summed E-state index contributed by atoms with van der Waals surface area (Å²) in [5, 5.41) is 0. The van der Waals surface area contributed by atoms with E-state index >= 15 is 0 Å². The Kier molecular flexibility index (Phi) is 3.17. The lowest BCUT2D eigenvalue weighted by atomic mass is 9.81. The lowest BCUT2D eigenvalue weighted by Crippen LogP contribution is -2.28. The second-order valence-electron chi connectivity index (χ2n) is 6.50. The third kappa shape index (κ3) is 1.90. The molecule has 2 aliphatic rings. The van der Waals surface area contributed by atoms with Crippen molar-refractivity contribution >= 4 is 5.78 Å². The molecule has 0 atom stereocenters. The number of fused-ring (bicyclic) bond motifs is 2. The van der Waals surface area contributed by atoms with Crippen LogP contribution in [0, 0.1) is 17.0 Å². The molecule has 0 bridgehead atoms. The second kappa shape index (κ2) is 5.03. The topological polar surface area (TPSA) is 35.5 Å². The van der Waals surface area contributed by atoms with Crippen LogP contribution in [0.1, 0.15) is 27.0 Å². The van der Waals surface area contributed by atoms with Crippen molar-refractivity contribution in [3.05, 3.63) is 58.2 Å². The Hall–Kier alpha value is -2.43. The Morgan fingerprint density at radius 3 is 1.96 bits per heavy atom. The molecule has 2 aromatic carbocycles. The fourth-order valence-corrected chi connectivity index (χ4v) is 4.07. The first kappa shape index (κ1) is 15.1. The van der Waals surface area contributed by atoms with Crippen LogP contribution in [-0.4, -0.2) is 20.0 Å². The summed E-state index contributed by atoms with van der Waals surface area (Å²) in [7, 11) is 3.10. The van der Waals surface area contributed by atoms with Crippen molar-refractivity contribution in [3.8, 4) is 11.5 Å². The molecule has 0 unspecified atom stereocenters. The monoisotopic (exact) mass is 330 g/mol. The van der Waals surface area contributed by atoms with Crippen LogP contribution in [0.25, 0.3) is 0 Å². The molecule has 0 fully saturated rings. The van der Waals surface area contributed by atoms with Crippen molar-refractivity contribution in [2.45, 2.75) is 19.3 Å². The highest BCUT2D eigenvalue weighted by atomic mass is 19.1. The van der Waals surface area contributed by atoms with E-state index in [-0.39, 0.29) is 23.3 Å². The molecule has 124 valence electrons. The SMILES string of the molecule is COc1cc2c(cc1OC)CC1(C2)Cc2c(F)ccc(F)c2C1=O. The Morgan fingerprint density at radius 1 is 0.917 bits per heavy atom. The zero-order valence-electron chi connectivity index (χ0n) is 13.4. The van der Waals surface area contributed by atoms with Gasteiger partial charge in [0, 0.05) is 11.0 Å². The van der Waals surface area contributed by atoms with Gasteiger partial charge >= 0.3 is 0 Å². The first-order chi connectivity index (χ1) is 11.5. The van der Waals surface area contributed by atoms with Gasteiger partial charge in [-0.2, -0.15) is 0 Å². The molecular formula is C19H16F2O3. The van der Waals surface area contributed by atoms with E-state index in [1.165, 1.54) is 0 Å². The van der Waals surface area contributed by atoms with Gasteiger partial charge in [0.15, 0.2) is 17.3 Å². The van der Waals surface area contributed by atoms with E-state index in [0.29, 0.717) is 24.3 Å². The summed E-state index contributed by atoms with van der Waals surface area (Å²) in [6, 6.07) is 5.83. The average molecular weight is 330 g/mol. The minimum Gasteiger partial charge on any atom is -0.493 e. The number of carbonyl (C=O) groups is 1. The van der Waals surface area contributed by atoms with Gasteiger partial charge < -0.3 is 9.47 Å². The van der Waals surface area contributed by atoms with Crippen LogP contribution in [0.15, 0.2) is 24.3 Å². The van der Waals surface area contributed by atoms with Crippen LogP contribution in [0.3, 0.4) is 0 Å². The quantitative estimate of drug-likeness (QED) is 0.845. The second-order valence-corrected chi connectivity index (χ2v) is 6.50. The Morgan fingerprint density at radius 2 is 1.46 bits per heavy atom. The molecule has 0 heterocycles. The molecule has 0 saturated heterocycles. The molecule has 24 heavy (non-hydrogen) atoms. The van der Waals surface area contributed by atoms with Crippen LogP contribution in [0.4, 0.5) is 8.78 Å². The van der Waals surface area contributed by atoms with E-state index in [2.05, 4.69) is 0 Å². The van der Waals surface area contributed by atoms with E-state index < -0.39 is 17.0 Å². The van der Waals surface area contributed by atoms with Crippen LogP contribution < -0.4 is 9.47 Å². The lowest BCUT2D eigenvalue weighted by molar-refractivity contribution is 0.0828. The number of methoxy groups -OCH3 is 2. The van der Waals surface area contributed by atoms with Gasteiger partial charge in [-0.25, -0.2) is 8.78 Å². The van der Waals surface area contributed by atoms with Crippen LogP contribution in [-0.2, 0) is 19.3 Å². The van der Waals surface area contributed by atoms with Gasteiger partial charge in [-0.1, -0.05) is 0 Å². The minimum atomic E-state index is -0.801. The van der Waals surface area contributed by atoms with Gasteiger partial charge in [0.1, 0.15) is 11.6 Å². The number of benzene rings is 2. The number of Topliss-reactive ketones (excluding diaryl/α,β-unsaturated/α-hetero) is 1. The molecule has 0 aliphatic heterocycles. The first-order valence-electron chi connectivity index (χ1n) is 7.74. The van der Waals surface area contributed by atoms with E-state index in [9.17, 15) is 13.6 Å². The normalized spacial score (nSPS) is 17.1. The van der Waals surface area contributed by atoms with Crippen LogP contribution in [0.2, 0.25) is 0 Å². The number of hydrogen-bond donors (Lipinski definition) is 0. The van der Waals surface area contributed by atoms with E-state index in [1.807, 2.05) is 12.1 Å². The summed E-state index contributed by atoms with van der Waals surface area (Å²) in [5.74, 6) is -0.270. The maximum Gasteiger partial charge on any atom is 0.173 e. The van der Waals surface area contributed by atoms with Crippen LogP contribution >= 0.6 is 0 Å². The summed E-state index contributed by atoms with van der Waals surface area (Å²) in [6.07, 6.45) is 1.13. The van der Waals surface area contributed by atoms with Gasteiger partial charge in [-0.05, 0) is 54.7 Å². The molecule has 3 nitrogen and oxygen atoms in total. The van der Waals surface area contributed by atoms with Crippen molar-refractivity contribution in [2.75, 3.05) is 14.2 Å². The maximum atomic E-state index is 14.1. The minimum absolute atomic E-state index is 0.0817. The summed E-state index contributed by atoms with van der Waals surface area (Å²) < 4.78 is 38.8. The van der Waals surface area contributed by atoms with Gasteiger partial charge in [0.25, 0.3) is 0 Å². The fourth-order valence-electron chi connectivity index (χ4n) is 4.07. The van der Waals surface area contributed by atoms with E-state index in [4.69, 9.17) is 9.47 Å². The van der Waals surface area contributed by atoms with Crippen molar-refractivity contribution in [1.29, 1.82) is 0 Å². The van der Waals surface area contributed by atoms with Gasteiger partial charge in [-0.15, -0.1) is 0 Å². The zero-order chi connectivity index (χ0) is 17.1. The molecule has 0 saturated carbocycles. The highest BCUT2D eigenvalue weighted by Gasteiger charge is 2.51. The van der Waals surface area contributed by atoms with Gasteiger partial charge in [0.05, 0.1) is 19.8 Å². The summed E-state index contributed by atoms with van der Waals surface area (Å²) in [5.41, 5.74) is 1.25. The van der Waals surface area contributed by atoms with E-state index in [1.54, 1.807) is 14.2 Å². The third-order valence-corrected chi connectivity index (χ3v) is 5.19. The summed E-state index contributed by atoms with van der Waals surface area (Å²) >= 11 is 0. The molecule has 2 aromatic rings. The zero-order valence-corrected chi connectivity index (χ0v) is 13.4. The molecule has 4 rings (SSSR count). The number of halogens is 2. The Labute approximate surface area is 138 Å². The van der Waals surface area contributed by atoms with Crippen molar-refractivity contribution < 1.29 is 23.0 Å². The number of rotatable bonds is 2. The molecule has 1 spiro atoms. The highest BCUT2D eigenvalue weighted by Crippen LogP contribution is 2.50. The molecule has 2 aliphatic carbocycles. The highest BCUT2D eigenvalue weighted by molar-refractivity contribution is 6.06. The molecular weight excluding hydrogens is 314 g/mol. The summed E-state index contributed by atoms with van der Waals surface area (Å²) in [6.45, 7) is 0. The number of ketones is 1. The largest absolute Gasteiger partial charge is 0.493 e. The average Bonchev–Trinajstić information content (AvgIpc) is 3.08. The third-order valence-electron chi connectivity index (χ3n) is 5.19. The van der Waals surface area contributed by atoms with Crippen molar-refractivity contribution in [1.82, 2.24) is 0 Å². The smallest absolute Gasteiger partial charge is 0.173 e. The van der Waals surface area contributed by atoms with E-state index in [0.717, 1.165) is 23.3 Å². The maximum absolute atomic E-state index is 14.1. The molecule has 0 radical (unpaired) electrons. The number of hydrogen-bond acceptors (Lipinski definition) is 3. The molecule has 0 aromatic heterocycles. The van der Waals surface area contributed by atoms with Crippen molar-refractivity contribution in [3.63, 3.8) is 0 Å². The number of ether oxygens (including phenoxy) is 2. The van der Waals surface area contributed by atoms with Gasteiger partial charge in [0.2, 0.25) is 0 Å². The lowest BCUT2D eigenvalue weighted by Gasteiger charge is -2.20. The Balaban J connectivity index is 1.79. The molecule has 0 amide bonds. The predicted molar refractivity (Wildman–Crippen MR) is 83.8 cm³/mol. The molecule has 0 N–H and O–H groups in total. The van der Waals surface area contributed by atoms with Gasteiger partial charge in [-0.3, -0.25) is 4.79 Å². The Bertz CT molecular complexity index is 840. The fraction of sp³-hybridized carbons (Fsp3) is 0.316. The molecule has 5 heteroatoms. The predicted octanol–water partition coefficient (Wildman–Crippen LogP) is 3.51.